The van der Waals surface area contributed by atoms with E-state index in [2.05, 4.69) is 0 Å². The smallest absolute Gasteiger partial charge is 0.306 e. The molecule has 0 aliphatic carbocycles. The highest BCUT2D eigenvalue weighted by Gasteiger charge is 2.30. The molecule has 1 atom stereocenters. The summed E-state index contributed by atoms with van der Waals surface area (Å²) in [6.45, 7) is 0. The van der Waals surface area contributed by atoms with Gasteiger partial charge in [-0.05, 0) is 18.2 Å². The Hall–Kier alpha value is -3.68. The summed E-state index contributed by atoms with van der Waals surface area (Å²) in [6, 6.07) is 9.74. The number of carbonyl (C=O) groups is 1. The van der Waals surface area contributed by atoms with Crippen LogP contribution in [0, 0.1) is 0 Å². The van der Waals surface area contributed by atoms with Gasteiger partial charge >= 0.3 is 5.97 Å². The van der Waals surface area contributed by atoms with E-state index in [4.69, 9.17) is 23.4 Å². The van der Waals surface area contributed by atoms with Gasteiger partial charge in [-0.25, -0.2) is 0 Å². The molecule has 1 heterocycles. The van der Waals surface area contributed by atoms with E-state index in [0.717, 1.165) is 0 Å². The molecule has 0 bridgehead atoms. The van der Waals surface area contributed by atoms with Crippen molar-refractivity contribution in [3.05, 3.63) is 57.9 Å². The van der Waals surface area contributed by atoms with Crippen LogP contribution in [0.3, 0.4) is 0 Å². The maximum absolute atomic E-state index is 12.7. The van der Waals surface area contributed by atoms with Gasteiger partial charge in [-0.3, -0.25) is 9.59 Å². The number of benzene rings is 2. The molecule has 0 saturated heterocycles. The molecule has 8 nitrogen and oxygen atoms in total. The zero-order chi connectivity index (χ0) is 21.8. The van der Waals surface area contributed by atoms with Crippen LogP contribution in [0.15, 0.2) is 45.6 Å². The third kappa shape index (κ3) is 3.76. The first kappa shape index (κ1) is 21.0. The second kappa shape index (κ2) is 8.77. The van der Waals surface area contributed by atoms with Crippen molar-refractivity contribution < 1.29 is 33.3 Å². The molecule has 2 aromatic carbocycles. The molecule has 0 saturated carbocycles. The maximum atomic E-state index is 12.7. The number of hydrogen-bond donors (Lipinski definition) is 1. The molecule has 8 heteroatoms. The lowest BCUT2D eigenvalue weighted by Gasteiger charge is -2.21. The van der Waals surface area contributed by atoms with Gasteiger partial charge in [0.1, 0.15) is 11.3 Å². The third-order valence-electron chi connectivity index (χ3n) is 4.83. The Morgan fingerprint density at radius 2 is 1.63 bits per heavy atom. The molecule has 0 radical (unpaired) electrons. The van der Waals surface area contributed by atoms with E-state index in [9.17, 15) is 14.7 Å². The number of carbonyl (C=O) groups excluding carboxylic acids is 1. The number of ether oxygens (including phenoxy) is 4. The van der Waals surface area contributed by atoms with Gasteiger partial charge in [0, 0.05) is 11.6 Å². The first-order valence-electron chi connectivity index (χ1n) is 9.06. The van der Waals surface area contributed by atoms with Crippen molar-refractivity contribution in [3.8, 4) is 23.0 Å². The minimum atomic E-state index is -0.885. The van der Waals surface area contributed by atoms with Crippen LogP contribution < -0.4 is 19.6 Å². The van der Waals surface area contributed by atoms with Crippen LogP contribution in [0.25, 0.3) is 11.0 Å². The molecule has 3 rings (SSSR count). The van der Waals surface area contributed by atoms with Crippen molar-refractivity contribution >= 4 is 16.9 Å². The molecule has 158 valence electrons. The van der Waals surface area contributed by atoms with Gasteiger partial charge < -0.3 is 28.5 Å². The highest BCUT2D eigenvalue weighted by molar-refractivity contribution is 5.78. The Morgan fingerprint density at radius 1 is 1.00 bits per heavy atom. The standard InChI is InChI=1S/C22H22O8/c1-26-16-11-18(28-3)17(27-2)9-13(16)14(10-19(23)29-4)22-21(25)20(24)12-7-5-6-8-15(12)30-22/h5-9,11,14,25H,10H2,1-4H3/t14-/m1/s1. The average molecular weight is 414 g/mol. The van der Waals surface area contributed by atoms with Crippen molar-refractivity contribution in [2.24, 2.45) is 0 Å². The van der Waals surface area contributed by atoms with E-state index in [-0.39, 0.29) is 23.2 Å². The molecule has 0 unspecified atom stereocenters. The second-order valence-corrected chi connectivity index (χ2v) is 6.42. The first-order valence-corrected chi connectivity index (χ1v) is 9.06. The number of methoxy groups -OCH3 is 4. The van der Waals surface area contributed by atoms with Gasteiger partial charge in [0.2, 0.25) is 11.2 Å². The minimum Gasteiger partial charge on any atom is -0.502 e. The molecule has 0 amide bonds. The predicted molar refractivity (Wildman–Crippen MR) is 109 cm³/mol. The SMILES string of the molecule is COC(=O)C[C@H](c1cc(OC)c(OC)cc1OC)c1oc2ccccc2c(=O)c1O. The summed E-state index contributed by atoms with van der Waals surface area (Å²) in [4.78, 5) is 24.9. The number of hydrogen-bond acceptors (Lipinski definition) is 8. The molecule has 1 N–H and O–H groups in total. The van der Waals surface area contributed by atoms with Gasteiger partial charge in [0.15, 0.2) is 17.3 Å². The molecule has 0 aliphatic heterocycles. The molecule has 1 aromatic heterocycles. The van der Waals surface area contributed by atoms with Gasteiger partial charge in [0.05, 0.1) is 46.2 Å². The van der Waals surface area contributed by atoms with Gasteiger partial charge in [-0.2, -0.15) is 0 Å². The van der Waals surface area contributed by atoms with Crippen molar-refractivity contribution in [2.45, 2.75) is 12.3 Å². The van der Waals surface area contributed by atoms with Crippen LogP contribution in [0.5, 0.6) is 23.0 Å². The van der Waals surface area contributed by atoms with Crippen LogP contribution >= 0.6 is 0 Å². The number of aromatic hydroxyl groups is 1. The summed E-state index contributed by atoms with van der Waals surface area (Å²) in [5, 5.41) is 10.9. The lowest BCUT2D eigenvalue weighted by atomic mass is 9.90. The van der Waals surface area contributed by atoms with Crippen LogP contribution in [0.2, 0.25) is 0 Å². The quantitative estimate of drug-likeness (QED) is 0.588. The lowest BCUT2D eigenvalue weighted by molar-refractivity contribution is -0.140. The largest absolute Gasteiger partial charge is 0.502 e. The van der Waals surface area contributed by atoms with E-state index in [1.54, 1.807) is 36.4 Å². The topological polar surface area (TPSA) is 104 Å². The fourth-order valence-electron chi connectivity index (χ4n) is 3.30. The summed E-state index contributed by atoms with van der Waals surface area (Å²) in [6.07, 6.45) is -0.211. The number of esters is 1. The Balaban J connectivity index is 2.30. The zero-order valence-electron chi connectivity index (χ0n) is 17.1. The third-order valence-corrected chi connectivity index (χ3v) is 4.83. The molecule has 30 heavy (non-hydrogen) atoms. The highest BCUT2D eigenvalue weighted by Crippen LogP contribution is 2.43. The molecule has 0 spiro atoms. The van der Waals surface area contributed by atoms with Crippen molar-refractivity contribution in [1.29, 1.82) is 0 Å². The molecule has 0 fully saturated rings. The number of rotatable bonds is 7. The Labute approximate surface area is 172 Å². The monoisotopic (exact) mass is 414 g/mol. The van der Waals surface area contributed by atoms with Gasteiger partial charge in [-0.15, -0.1) is 0 Å². The minimum absolute atomic E-state index is 0.0744. The van der Waals surface area contributed by atoms with E-state index in [1.807, 2.05) is 0 Å². The summed E-state index contributed by atoms with van der Waals surface area (Å²) in [5.41, 5.74) is 0.139. The van der Waals surface area contributed by atoms with E-state index >= 15 is 0 Å². The molecule has 3 aromatic rings. The lowest BCUT2D eigenvalue weighted by Crippen LogP contribution is -2.14. The van der Waals surface area contributed by atoms with Crippen LogP contribution in [0.1, 0.15) is 23.7 Å². The zero-order valence-corrected chi connectivity index (χ0v) is 17.1. The Bertz CT molecular complexity index is 1130. The fourth-order valence-corrected chi connectivity index (χ4v) is 3.30. The molecular formula is C22H22O8. The molecular weight excluding hydrogens is 392 g/mol. The van der Waals surface area contributed by atoms with Crippen LogP contribution in [0.4, 0.5) is 0 Å². The van der Waals surface area contributed by atoms with E-state index in [0.29, 0.717) is 22.8 Å². The normalized spacial score (nSPS) is 11.7. The highest BCUT2D eigenvalue weighted by atomic mass is 16.5. The molecule has 0 aliphatic rings. The second-order valence-electron chi connectivity index (χ2n) is 6.42. The van der Waals surface area contributed by atoms with Crippen LogP contribution in [-0.4, -0.2) is 39.5 Å². The predicted octanol–water partition coefficient (Wildman–Crippen LogP) is 3.22. The van der Waals surface area contributed by atoms with Gasteiger partial charge in [0.25, 0.3) is 0 Å². The average Bonchev–Trinajstić information content (AvgIpc) is 2.78. The summed E-state index contributed by atoms with van der Waals surface area (Å²) >= 11 is 0. The Morgan fingerprint density at radius 3 is 2.27 bits per heavy atom. The number of para-hydroxylation sites is 1. The summed E-state index contributed by atoms with van der Waals surface area (Å²) in [5.74, 6) is -0.952. The van der Waals surface area contributed by atoms with Crippen molar-refractivity contribution in [3.63, 3.8) is 0 Å². The summed E-state index contributed by atoms with van der Waals surface area (Å²) < 4.78 is 26.8. The van der Waals surface area contributed by atoms with Crippen LogP contribution in [-0.2, 0) is 9.53 Å². The van der Waals surface area contributed by atoms with E-state index in [1.165, 1.54) is 28.4 Å². The fraction of sp³-hybridized carbons (Fsp3) is 0.273. The first-order chi connectivity index (χ1) is 14.4. The number of fused-ring (bicyclic) bond motifs is 1. The van der Waals surface area contributed by atoms with Crippen molar-refractivity contribution in [1.82, 2.24) is 0 Å². The maximum Gasteiger partial charge on any atom is 0.306 e. The van der Waals surface area contributed by atoms with Crippen molar-refractivity contribution in [2.75, 3.05) is 28.4 Å². The summed E-state index contributed by atoms with van der Waals surface area (Å²) in [7, 11) is 5.66. The Kier molecular flexibility index (Phi) is 6.15. The van der Waals surface area contributed by atoms with Gasteiger partial charge in [-0.1, -0.05) is 12.1 Å². The van der Waals surface area contributed by atoms with E-state index < -0.39 is 23.1 Å².